The molecule has 1 fully saturated rings. The van der Waals surface area contributed by atoms with Gasteiger partial charge >= 0.3 is 0 Å². The van der Waals surface area contributed by atoms with Crippen LogP contribution in [0.2, 0.25) is 0 Å². The monoisotopic (exact) mass is 542 g/mol. The Morgan fingerprint density at radius 2 is 1.70 bits per heavy atom. The number of nitrogens with zero attached hydrogens (tertiary/aromatic N) is 2. The zero-order valence-corrected chi connectivity index (χ0v) is 20.5. The standard InChI is InChI=1S/C22H30N4O2S.HI/c1-23-22(26-14-12-21(18-26)16-19-8-4-2-5-9-19)24-13-15-29(27,28)25-17-20-10-6-3-7-11-20;/h2-11,21,25H,12-18H2,1H3,(H,23,24);1H. The Balaban J connectivity index is 0.00000320. The minimum absolute atomic E-state index is 0. The van der Waals surface area contributed by atoms with Gasteiger partial charge in [0.25, 0.3) is 0 Å². The summed E-state index contributed by atoms with van der Waals surface area (Å²) in [4.78, 5) is 6.56. The topological polar surface area (TPSA) is 73.8 Å². The summed E-state index contributed by atoms with van der Waals surface area (Å²) < 4.78 is 27.1. The first kappa shape index (κ1) is 24.6. The van der Waals surface area contributed by atoms with Crippen molar-refractivity contribution in [2.45, 2.75) is 19.4 Å². The van der Waals surface area contributed by atoms with E-state index < -0.39 is 10.0 Å². The summed E-state index contributed by atoms with van der Waals surface area (Å²) in [6, 6.07) is 20.1. The highest BCUT2D eigenvalue weighted by Crippen LogP contribution is 2.20. The van der Waals surface area contributed by atoms with Crippen LogP contribution < -0.4 is 10.0 Å². The van der Waals surface area contributed by atoms with E-state index in [0.717, 1.165) is 37.5 Å². The van der Waals surface area contributed by atoms with E-state index in [1.807, 2.05) is 36.4 Å². The van der Waals surface area contributed by atoms with Gasteiger partial charge in [-0.1, -0.05) is 60.7 Å². The van der Waals surface area contributed by atoms with Gasteiger partial charge in [-0.2, -0.15) is 0 Å². The van der Waals surface area contributed by atoms with Crippen LogP contribution in [0.25, 0.3) is 0 Å². The number of hydrogen-bond donors (Lipinski definition) is 2. The smallest absolute Gasteiger partial charge is 0.213 e. The van der Waals surface area contributed by atoms with Crippen molar-refractivity contribution in [2.24, 2.45) is 10.9 Å². The number of sulfonamides is 1. The van der Waals surface area contributed by atoms with Crippen LogP contribution in [0.5, 0.6) is 0 Å². The molecule has 6 nitrogen and oxygen atoms in total. The van der Waals surface area contributed by atoms with Crippen molar-refractivity contribution >= 4 is 40.0 Å². The fourth-order valence-corrected chi connectivity index (χ4v) is 4.53. The Kier molecular flexibility index (Phi) is 10.1. The molecular weight excluding hydrogens is 511 g/mol. The lowest BCUT2D eigenvalue weighted by Gasteiger charge is -2.21. The van der Waals surface area contributed by atoms with E-state index in [9.17, 15) is 8.42 Å². The lowest BCUT2D eigenvalue weighted by atomic mass is 9.99. The highest BCUT2D eigenvalue weighted by Gasteiger charge is 2.25. The van der Waals surface area contributed by atoms with Crippen LogP contribution in [-0.4, -0.2) is 51.7 Å². The molecule has 1 heterocycles. The minimum atomic E-state index is -3.34. The third-order valence-corrected chi connectivity index (χ3v) is 6.48. The summed E-state index contributed by atoms with van der Waals surface area (Å²) in [6.07, 6.45) is 2.18. The van der Waals surface area contributed by atoms with Crippen molar-refractivity contribution in [3.05, 3.63) is 71.8 Å². The number of nitrogens with one attached hydrogen (secondary N) is 2. The van der Waals surface area contributed by atoms with E-state index in [1.165, 1.54) is 5.56 Å². The molecule has 164 valence electrons. The summed E-state index contributed by atoms with van der Waals surface area (Å²) in [6.45, 7) is 2.52. The number of rotatable bonds is 8. The number of benzene rings is 2. The maximum Gasteiger partial charge on any atom is 0.213 e. The van der Waals surface area contributed by atoms with Crippen molar-refractivity contribution in [1.82, 2.24) is 14.9 Å². The highest BCUT2D eigenvalue weighted by molar-refractivity contribution is 14.0. The Morgan fingerprint density at radius 3 is 2.33 bits per heavy atom. The Morgan fingerprint density at radius 1 is 1.07 bits per heavy atom. The summed E-state index contributed by atoms with van der Waals surface area (Å²) in [7, 11) is -1.60. The zero-order valence-electron chi connectivity index (χ0n) is 17.3. The summed E-state index contributed by atoms with van der Waals surface area (Å²) >= 11 is 0. The first-order chi connectivity index (χ1) is 14.1. The quantitative estimate of drug-likeness (QED) is 0.306. The molecular formula is C22H31IN4O2S. The Labute approximate surface area is 197 Å². The maximum absolute atomic E-state index is 12.2. The lowest BCUT2D eigenvalue weighted by molar-refractivity contribution is 0.461. The van der Waals surface area contributed by atoms with E-state index in [1.54, 1.807) is 7.05 Å². The second kappa shape index (κ2) is 12.3. The molecule has 1 aliphatic heterocycles. The van der Waals surface area contributed by atoms with Gasteiger partial charge in [-0.3, -0.25) is 4.99 Å². The Bertz CT molecular complexity index is 892. The average Bonchev–Trinajstić information content (AvgIpc) is 3.19. The largest absolute Gasteiger partial charge is 0.355 e. The fraction of sp³-hybridized carbons (Fsp3) is 0.409. The molecule has 1 atom stereocenters. The van der Waals surface area contributed by atoms with E-state index in [2.05, 4.69) is 44.2 Å². The maximum atomic E-state index is 12.2. The molecule has 0 aromatic heterocycles. The van der Waals surface area contributed by atoms with Crippen LogP contribution in [0.3, 0.4) is 0 Å². The highest BCUT2D eigenvalue weighted by atomic mass is 127. The van der Waals surface area contributed by atoms with Gasteiger partial charge in [0.2, 0.25) is 10.0 Å². The molecule has 0 amide bonds. The molecule has 0 radical (unpaired) electrons. The number of guanidine groups is 1. The summed E-state index contributed by atoms with van der Waals surface area (Å²) in [5, 5.41) is 3.21. The summed E-state index contributed by atoms with van der Waals surface area (Å²) in [5.74, 6) is 1.38. The van der Waals surface area contributed by atoms with Gasteiger partial charge in [-0.05, 0) is 29.9 Å². The van der Waals surface area contributed by atoms with Crippen molar-refractivity contribution in [3.8, 4) is 0 Å². The normalized spacial score (nSPS) is 16.9. The minimum Gasteiger partial charge on any atom is -0.355 e. The van der Waals surface area contributed by atoms with Gasteiger partial charge < -0.3 is 10.2 Å². The second-order valence-corrected chi connectivity index (χ2v) is 9.32. The summed E-state index contributed by atoms with van der Waals surface area (Å²) in [5.41, 5.74) is 2.30. The van der Waals surface area contributed by atoms with Gasteiger partial charge in [0.15, 0.2) is 5.96 Å². The van der Waals surface area contributed by atoms with Crippen LogP contribution in [0.1, 0.15) is 17.5 Å². The molecule has 0 bridgehead atoms. The average molecular weight is 542 g/mol. The predicted octanol–water partition coefficient (Wildman–Crippen LogP) is 2.86. The fourth-order valence-electron chi connectivity index (χ4n) is 3.63. The SMILES string of the molecule is CN=C(NCCS(=O)(=O)NCc1ccccc1)N1CCC(Cc2ccccc2)C1.I. The Hall–Kier alpha value is -1.65. The van der Waals surface area contributed by atoms with Crippen LogP contribution >= 0.6 is 24.0 Å². The van der Waals surface area contributed by atoms with Gasteiger partial charge in [-0.15, -0.1) is 24.0 Å². The van der Waals surface area contributed by atoms with Crippen LogP contribution in [0.4, 0.5) is 0 Å². The molecule has 0 aliphatic carbocycles. The first-order valence-electron chi connectivity index (χ1n) is 10.1. The second-order valence-electron chi connectivity index (χ2n) is 7.39. The van der Waals surface area contributed by atoms with Crippen molar-refractivity contribution < 1.29 is 8.42 Å². The lowest BCUT2D eigenvalue weighted by Crippen LogP contribution is -2.43. The number of likely N-dealkylation sites (tertiary alicyclic amines) is 1. The molecule has 3 rings (SSSR count). The van der Waals surface area contributed by atoms with E-state index in [4.69, 9.17) is 0 Å². The van der Waals surface area contributed by atoms with E-state index >= 15 is 0 Å². The van der Waals surface area contributed by atoms with E-state index in [-0.39, 0.29) is 29.7 Å². The van der Waals surface area contributed by atoms with Crippen molar-refractivity contribution in [1.29, 1.82) is 0 Å². The molecule has 1 saturated heterocycles. The zero-order chi connectivity index (χ0) is 20.5. The molecule has 30 heavy (non-hydrogen) atoms. The third-order valence-electron chi connectivity index (χ3n) is 5.16. The predicted molar refractivity (Wildman–Crippen MR) is 134 cm³/mol. The van der Waals surface area contributed by atoms with Gasteiger partial charge in [-0.25, -0.2) is 13.1 Å². The molecule has 2 N–H and O–H groups in total. The number of aliphatic imine (C=N–C) groups is 1. The molecule has 1 aliphatic rings. The molecule has 1 unspecified atom stereocenters. The number of halogens is 1. The first-order valence-corrected chi connectivity index (χ1v) is 11.7. The molecule has 2 aromatic carbocycles. The molecule has 0 saturated carbocycles. The molecule has 8 heteroatoms. The van der Waals surface area contributed by atoms with Gasteiger partial charge in [0.1, 0.15) is 0 Å². The van der Waals surface area contributed by atoms with E-state index in [0.29, 0.717) is 19.0 Å². The van der Waals surface area contributed by atoms with Crippen LogP contribution in [0.15, 0.2) is 65.7 Å². The van der Waals surface area contributed by atoms with Gasteiger partial charge in [0, 0.05) is 33.2 Å². The van der Waals surface area contributed by atoms with Crippen LogP contribution in [-0.2, 0) is 23.0 Å². The van der Waals surface area contributed by atoms with Gasteiger partial charge in [0.05, 0.1) is 5.75 Å². The molecule has 0 spiro atoms. The van der Waals surface area contributed by atoms with Crippen LogP contribution in [0, 0.1) is 5.92 Å². The van der Waals surface area contributed by atoms with Crippen molar-refractivity contribution in [3.63, 3.8) is 0 Å². The van der Waals surface area contributed by atoms with Crippen molar-refractivity contribution in [2.75, 3.05) is 32.4 Å². The molecule has 2 aromatic rings. The third kappa shape index (κ3) is 7.88. The number of hydrogen-bond acceptors (Lipinski definition) is 3.